The Hall–Kier alpha value is -1.20. The first-order valence-electron chi connectivity index (χ1n) is 7.89. The van der Waals surface area contributed by atoms with Gasteiger partial charge in [0.25, 0.3) is 0 Å². The highest BCUT2D eigenvalue weighted by Gasteiger charge is 2.24. The Balaban J connectivity index is 1.83. The van der Waals surface area contributed by atoms with E-state index in [-0.39, 0.29) is 0 Å². The lowest BCUT2D eigenvalue weighted by Gasteiger charge is -2.35. The zero-order valence-electron chi connectivity index (χ0n) is 13.4. The number of nitrogens with one attached hydrogen (secondary N) is 1. The number of benzene rings is 1. The number of aliphatic carboxylic acids is 1. The summed E-state index contributed by atoms with van der Waals surface area (Å²) in [5, 5.41) is 12.6. The van der Waals surface area contributed by atoms with Crippen molar-refractivity contribution in [2.45, 2.75) is 38.3 Å². The smallest absolute Gasteiger partial charge is 0.320 e. The molecule has 1 aromatic rings. The van der Waals surface area contributed by atoms with Crippen LogP contribution in [0.2, 0.25) is 0 Å². The molecular formula is C17H26N2O2S. The van der Waals surface area contributed by atoms with E-state index < -0.39 is 12.0 Å². The molecule has 0 bridgehead atoms. The highest BCUT2D eigenvalue weighted by Crippen LogP contribution is 2.21. The Kier molecular flexibility index (Phi) is 6.58. The lowest BCUT2D eigenvalue weighted by atomic mass is 10.0. The van der Waals surface area contributed by atoms with Gasteiger partial charge in [-0.05, 0) is 50.3 Å². The van der Waals surface area contributed by atoms with Crippen LogP contribution in [0.4, 0.5) is 5.69 Å². The van der Waals surface area contributed by atoms with Gasteiger partial charge in [0.05, 0.1) is 0 Å². The maximum absolute atomic E-state index is 11.3. The van der Waals surface area contributed by atoms with Gasteiger partial charge >= 0.3 is 5.97 Å². The Morgan fingerprint density at radius 3 is 2.55 bits per heavy atom. The number of hydrogen-bond acceptors (Lipinski definition) is 4. The molecule has 1 saturated heterocycles. The number of carbonyl (C=O) groups is 1. The summed E-state index contributed by atoms with van der Waals surface area (Å²) in [7, 11) is 0. The minimum Gasteiger partial charge on any atom is -0.480 e. The van der Waals surface area contributed by atoms with E-state index in [0.717, 1.165) is 31.7 Å². The normalized spacial score (nSPS) is 17.5. The first-order chi connectivity index (χ1) is 10.6. The van der Waals surface area contributed by atoms with Crippen molar-refractivity contribution in [3.05, 3.63) is 29.8 Å². The highest BCUT2D eigenvalue weighted by atomic mass is 32.2. The van der Waals surface area contributed by atoms with Crippen LogP contribution in [0.5, 0.6) is 0 Å². The van der Waals surface area contributed by atoms with Crippen molar-refractivity contribution in [3.8, 4) is 0 Å². The first-order valence-corrected chi connectivity index (χ1v) is 9.29. The second kappa shape index (κ2) is 8.44. The summed E-state index contributed by atoms with van der Waals surface area (Å²) < 4.78 is 0. The van der Waals surface area contributed by atoms with Crippen LogP contribution in [0.3, 0.4) is 0 Å². The summed E-state index contributed by atoms with van der Waals surface area (Å²) in [6, 6.07) is 8.52. The van der Waals surface area contributed by atoms with Crippen molar-refractivity contribution in [2.24, 2.45) is 0 Å². The molecular weight excluding hydrogens is 296 g/mol. The summed E-state index contributed by atoms with van der Waals surface area (Å²) >= 11 is 1.70. The summed E-state index contributed by atoms with van der Waals surface area (Å²) in [6.45, 7) is 4.06. The number of aryl methyl sites for hydroxylation is 1. The summed E-state index contributed by atoms with van der Waals surface area (Å²) in [4.78, 5) is 13.7. The van der Waals surface area contributed by atoms with Crippen molar-refractivity contribution in [1.29, 1.82) is 0 Å². The second-order valence-electron chi connectivity index (χ2n) is 5.94. The number of piperidine rings is 1. The Morgan fingerprint density at radius 1 is 1.36 bits per heavy atom. The number of nitrogens with zero attached hydrogens (tertiary/aromatic N) is 1. The number of carboxylic acids is 1. The van der Waals surface area contributed by atoms with E-state index in [9.17, 15) is 9.90 Å². The number of carboxylic acid groups (broad SMARTS) is 1. The molecule has 0 spiro atoms. The third kappa shape index (κ3) is 4.92. The zero-order chi connectivity index (χ0) is 15.9. The molecule has 4 nitrogen and oxygen atoms in total. The van der Waals surface area contributed by atoms with Gasteiger partial charge < -0.3 is 15.3 Å². The molecule has 0 unspecified atom stereocenters. The fourth-order valence-electron chi connectivity index (χ4n) is 2.86. The largest absolute Gasteiger partial charge is 0.480 e. The fourth-order valence-corrected chi connectivity index (χ4v) is 3.33. The monoisotopic (exact) mass is 322 g/mol. The van der Waals surface area contributed by atoms with Crippen LogP contribution >= 0.6 is 11.8 Å². The maximum Gasteiger partial charge on any atom is 0.320 e. The fraction of sp³-hybridized carbons (Fsp3) is 0.588. The standard InChI is InChI=1S/C17H26N2O2S/c1-13-3-5-15(6-4-13)19-10-7-14(8-11-19)18-16(17(20)21)9-12-22-2/h3-6,14,16,18H,7-12H2,1-2H3,(H,20,21)/t16-/m0/s1. The SMILES string of the molecule is CSCC[C@H](NC1CCN(c2ccc(C)cc2)CC1)C(=O)O. The van der Waals surface area contributed by atoms with E-state index in [1.807, 2.05) is 6.26 Å². The Labute approximate surface area is 137 Å². The number of anilines is 1. The molecule has 0 amide bonds. The average molecular weight is 322 g/mol. The molecule has 1 aromatic carbocycles. The van der Waals surface area contributed by atoms with E-state index in [4.69, 9.17) is 0 Å². The quantitative estimate of drug-likeness (QED) is 0.808. The molecule has 0 saturated carbocycles. The van der Waals surface area contributed by atoms with Crippen molar-refractivity contribution < 1.29 is 9.90 Å². The second-order valence-corrected chi connectivity index (χ2v) is 6.92. The third-order valence-corrected chi connectivity index (χ3v) is 4.88. The maximum atomic E-state index is 11.3. The van der Waals surface area contributed by atoms with Crippen LogP contribution in [0.1, 0.15) is 24.8 Å². The molecule has 1 heterocycles. The van der Waals surface area contributed by atoms with Gasteiger partial charge in [0.2, 0.25) is 0 Å². The topological polar surface area (TPSA) is 52.6 Å². The predicted octanol–water partition coefficient (Wildman–Crippen LogP) is 2.76. The van der Waals surface area contributed by atoms with Crippen molar-refractivity contribution in [3.63, 3.8) is 0 Å². The van der Waals surface area contributed by atoms with Gasteiger partial charge in [0, 0.05) is 24.8 Å². The predicted molar refractivity (Wildman–Crippen MR) is 94.0 cm³/mol. The molecule has 1 aliphatic heterocycles. The van der Waals surface area contributed by atoms with E-state index in [2.05, 4.69) is 41.4 Å². The van der Waals surface area contributed by atoms with Crippen LogP contribution in [-0.2, 0) is 4.79 Å². The summed E-state index contributed by atoms with van der Waals surface area (Å²) in [5.41, 5.74) is 2.54. The van der Waals surface area contributed by atoms with E-state index in [0.29, 0.717) is 12.5 Å². The lowest BCUT2D eigenvalue weighted by molar-refractivity contribution is -0.139. The van der Waals surface area contributed by atoms with Crippen molar-refractivity contribution >= 4 is 23.4 Å². The summed E-state index contributed by atoms with van der Waals surface area (Å²) in [5.74, 6) is 0.154. The molecule has 1 fully saturated rings. The van der Waals surface area contributed by atoms with E-state index >= 15 is 0 Å². The Bertz CT molecular complexity index is 470. The van der Waals surface area contributed by atoms with Crippen molar-refractivity contribution in [1.82, 2.24) is 5.32 Å². The molecule has 5 heteroatoms. The molecule has 2 rings (SSSR count). The number of rotatable bonds is 7. The van der Waals surface area contributed by atoms with Gasteiger partial charge in [-0.2, -0.15) is 11.8 Å². The van der Waals surface area contributed by atoms with Gasteiger partial charge in [0.15, 0.2) is 0 Å². The lowest BCUT2D eigenvalue weighted by Crippen LogP contribution is -2.49. The summed E-state index contributed by atoms with van der Waals surface area (Å²) in [6.07, 6.45) is 4.70. The minimum absolute atomic E-state index is 0.310. The van der Waals surface area contributed by atoms with Crippen LogP contribution in [-0.4, -0.2) is 48.3 Å². The Morgan fingerprint density at radius 2 is 2.00 bits per heavy atom. The molecule has 0 aliphatic carbocycles. The molecule has 0 aromatic heterocycles. The highest BCUT2D eigenvalue weighted by molar-refractivity contribution is 7.98. The third-order valence-electron chi connectivity index (χ3n) is 4.24. The van der Waals surface area contributed by atoms with Crippen LogP contribution < -0.4 is 10.2 Å². The number of thioether (sulfide) groups is 1. The van der Waals surface area contributed by atoms with Gasteiger partial charge in [-0.15, -0.1) is 0 Å². The molecule has 2 N–H and O–H groups in total. The number of hydrogen-bond donors (Lipinski definition) is 2. The van der Waals surface area contributed by atoms with Gasteiger partial charge in [0.1, 0.15) is 6.04 Å². The van der Waals surface area contributed by atoms with Crippen LogP contribution in [0, 0.1) is 6.92 Å². The molecule has 22 heavy (non-hydrogen) atoms. The van der Waals surface area contributed by atoms with Gasteiger partial charge in [-0.25, -0.2) is 0 Å². The van der Waals surface area contributed by atoms with Gasteiger partial charge in [-0.3, -0.25) is 4.79 Å². The zero-order valence-corrected chi connectivity index (χ0v) is 14.2. The van der Waals surface area contributed by atoms with Crippen molar-refractivity contribution in [2.75, 3.05) is 30.0 Å². The van der Waals surface area contributed by atoms with E-state index in [1.165, 1.54) is 11.3 Å². The van der Waals surface area contributed by atoms with Crippen LogP contribution in [0.25, 0.3) is 0 Å². The van der Waals surface area contributed by atoms with Crippen LogP contribution in [0.15, 0.2) is 24.3 Å². The first kappa shape index (κ1) is 17.2. The molecule has 1 atom stereocenters. The van der Waals surface area contributed by atoms with E-state index in [1.54, 1.807) is 11.8 Å². The average Bonchev–Trinajstić information content (AvgIpc) is 2.52. The minimum atomic E-state index is -0.727. The van der Waals surface area contributed by atoms with Gasteiger partial charge in [-0.1, -0.05) is 17.7 Å². The molecule has 1 aliphatic rings. The molecule has 0 radical (unpaired) electrons. The molecule has 122 valence electrons.